The second-order valence-corrected chi connectivity index (χ2v) is 3.20. The van der Waals surface area contributed by atoms with E-state index >= 15 is 0 Å². The first-order chi connectivity index (χ1) is 6.06. The third-order valence-corrected chi connectivity index (χ3v) is 2.11. The molecule has 0 radical (unpaired) electrons. The van der Waals surface area contributed by atoms with E-state index in [-0.39, 0.29) is 15.9 Å². The minimum absolute atomic E-state index is 0.0681. The van der Waals surface area contributed by atoms with Gasteiger partial charge in [-0.25, -0.2) is 13.8 Å². The zero-order valence-electron chi connectivity index (χ0n) is 6.47. The fourth-order valence-corrected chi connectivity index (χ4v) is 1.35. The van der Waals surface area contributed by atoms with Gasteiger partial charge in [-0.15, -0.1) is 0 Å². The van der Waals surface area contributed by atoms with Gasteiger partial charge in [-0.3, -0.25) is 0 Å². The molecule has 0 aliphatic heterocycles. The zero-order chi connectivity index (χ0) is 10.0. The van der Waals surface area contributed by atoms with Gasteiger partial charge in [-0.05, 0) is 22.0 Å². The molecule has 0 saturated carbocycles. The minimum Gasteiger partial charge on any atom is -0.397 e. The van der Waals surface area contributed by atoms with Crippen molar-refractivity contribution in [2.45, 2.75) is 13.0 Å². The summed E-state index contributed by atoms with van der Waals surface area (Å²) in [6.07, 6.45) is -2.68. The minimum atomic E-state index is -2.68. The normalized spacial score (nSPS) is 10.8. The lowest BCUT2D eigenvalue weighted by atomic mass is 10.2. The average molecular weight is 253 g/mol. The fourth-order valence-electron chi connectivity index (χ4n) is 0.837. The molecule has 0 aliphatic carbocycles. The van der Waals surface area contributed by atoms with Crippen LogP contribution in [0.3, 0.4) is 0 Å². The second-order valence-electron chi connectivity index (χ2n) is 2.35. The Morgan fingerprint density at radius 3 is 2.69 bits per heavy atom. The van der Waals surface area contributed by atoms with E-state index in [4.69, 9.17) is 10.8 Å². The highest BCUT2D eigenvalue weighted by Crippen LogP contribution is 2.28. The van der Waals surface area contributed by atoms with Gasteiger partial charge in [-0.2, -0.15) is 0 Å². The summed E-state index contributed by atoms with van der Waals surface area (Å²) in [6.45, 7) is -0.446. The molecule has 3 nitrogen and oxygen atoms in total. The van der Waals surface area contributed by atoms with Gasteiger partial charge in [0.15, 0.2) is 0 Å². The molecule has 1 aromatic rings. The van der Waals surface area contributed by atoms with Crippen molar-refractivity contribution in [2.75, 3.05) is 5.73 Å². The van der Waals surface area contributed by atoms with Crippen LogP contribution >= 0.6 is 15.9 Å². The van der Waals surface area contributed by atoms with E-state index in [1.165, 1.54) is 6.07 Å². The van der Waals surface area contributed by atoms with E-state index in [9.17, 15) is 8.78 Å². The van der Waals surface area contributed by atoms with Crippen LogP contribution in [-0.2, 0) is 6.61 Å². The number of nitrogens with two attached hydrogens (primary N) is 1. The Labute approximate surface area is 81.7 Å². The van der Waals surface area contributed by atoms with Gasteiger partial charge in [0.2, 0.25) is 0 Å². The maximum atomic E-state index is 12.3. The van der Waals surface area contributed by atoms with Crippen LogP contribution in [0, 0.1) is 0 Å². The Balaban J connectivity index is 3.22. The van der Waals surface area contributed by atoms with Crippen molar-refractivity contribution in [1.82, 2.24) is 4.98 Å². The van der Waals surface area contributed by atoms with Crippen molar-refractivity contribution in [3.8, 4) is 0 Å². The molecule has 1 aromatic heterocycles. The summed E-state index contributed by atoms with van der Waals surface area (Å²) in [7, 11) is 0. The molecule has 72 valence electrons. The van der Waals surface area contributed by atoms with E-state index in [1.807, 2.05) is 0 Å². The SMILES string of the molecule is Nc1cc(Br)c(C(F)F)nc1CO. The van der Waals surface area contributed by atoms with Gasteiger partial charge in [0.25, 0.3) is 6.43 Å². The highest BCUT2D eigenvalue weighted by Gasteiger charge is 2.15. The standard InChI is InChI=1S/C7H7BrF2N2O/c8-3-1-4(11)5(2-13)12-6(3)7(9)10/h1,7,13H,2,11H2. The number of aliphatic hydroxyl groups is 1. The van der Waals surface area contributed by atoms with Crippen molar-refractivity contribution in [2.24, 2.45) is 0 Å². The lowest BCUT2D eigenvalue weighted by molar-refractivity contribution is 0.144. The molecule has 0 bridgehead atoms. The summed E-state index contributed by atoms with van der Waals surface area (Å²) in [4.78, 5) is 3.52. The van der Waals surface area contributed by atoms with Gasteiger partial charge in [0.1, 0.15) is 5.69 Å². The number of hydrogen-bond acceptors (Lipinski definition) is 3. The third kappa shape index (κ3) is 2.13. The molecule has 0 fully saturated rings. The Hall–Kier alpha value is -0.750. The number of halogens is 3. The second kappa shape index (κ2) is 3.97. The topological polar surface area (TPSA) is 59.1 Å². The lowest BCUT2D eigenvalue weighted by Gasteiger charge is -2.07. The van der Waals surface area contributed by atoms with E-state index in [0.717, 1.165) is 0 Å². The summed E-state index contributed by atoms with van der Waals surface area (Å²) in [5.74, 6) is 0. The average Bonchev–Trinajstić information content (AvgIpc) is 2.03. The van der Waals surface area contributed by atoms with E-state index < -0.39 is 18.7 Å². The summed E-state index contributed by atoms with van der Waals surface area (Å²) in [6, 6.07) is 1.31. The van der Waals surface area contributed by atoms with Crippen molar-refractivity contribution < 1.29 is 13.9 Å². The molecule has 1 heterocycles. The van der Waals surface area contributed by atoms with Crippen LogP contribution in [-0.4, -0.2) is 10.1 Å². The molecular formula is C7H7BrF2N2O. The first-order valence-corrected chi connectivity index (χ1v) is 4.19. The van der Waals surface area contributed by atoms with Crippen molar-refractivity contribution >= 4 is 21.6 Å². The highest BCUT2D eigenvalue weighted by molar-refractivity contribution is 9.10. The Bertz CT molecular complexity index is 320. The van der Waals surface area contributed by atoms with Crippen LogP contribution in [0.4, 0.5) is 14.5 Å². The lowest BCUT2D eigenvalue weighted by Crippen LogP contribution is -2.02. The van der Waals surface area contributed by atoms with Gasteiger partial charge in [0, 0.05) is 4.47 Å². The van der Waals surface area contributed by atoms with E-state index in [0.29, 0.717) is 0 Å². The van der Waals surface area contributed by atoms with Crippen LogP contribution in [0.1, 0.15) is 17.8 Å². The number of aromatic nitrogens is 1. The van der Waals surface area contributed by atoms with Crippen LogP contribution in [0.25, 0.3) is 0 Å². The van der Waals surface area contributed by atoms with Gasteiger partial charge < -0.3 is 10.8 Å². The maximum absolute atomic E-state index is 12.3. The molecule has 0 atom stereocenters. The molecule has 3 N–H and O–H groups in total. The Kier molecular flexibility index (Phi) is 3.16. The first kappa shape index (κ1) is 10.3. The number of aliphatic hydroxyl groups excluding tert-OH is 1. The molecule has 0 spiro atoms. The fraction of sp³-hybridized carbons (Fsp3) is 0.286. The molecule has 6 heteroatoms. The summed E-state index contributed by atoms with van der Waals surface area (Å²) < 4.78 is 24.7. The molecule has 0 aromatic carbocycles. The molecule has 0 saturated heterocycles. The quantitative estimate of drug-likeness (QED) is 0.845. The summed E-state index contributed by atoms with van der Waals surface area (Å²) in [5.41, 5.74) is 5.26. The molecule has 0 amide bonds. The van der Waals surface area contributed by atoms with Gasteiger partial charge >= 0.3 is 0 Å². The third-order valence-electron chi connectivity index (χ3n) is 1.47. The number of alkyl halides is 2. The van der Waals surface area contributed by atoms with E-state index in [2.05, 4.69) is 20.9 Å². The first-order valence-electron chi connectivity index (χ1n) is 3.40. The molecule has 1 rings (SSSR count). The Morgan fingerprint density at radius 1 is 1.62 bits per heavy atom. The van der Waals surface area contributed by atoms with Crippen molar-refractivity contribution in [3.05, 3.63) is 21.9 Å². The summed E-state index contributed by atoms with van der Waals surface area (Å²) in [5, 5.41) is 8.71. The number of hydrogen-bond donors (Lipinski definition) is 2. The van der Waals surface area contributed by atoms with Crippen LogP contribution < -0.4 is 5.73 Å². The zero-order valence-corrected chi connectivity index (χ0v) is 8.05. The smallest absolute Gasteiger partial charge is 0.281 e. The number of rotatable bonds is 2. The van der Waals surface area contributed by atoms with Crippen LogP contribution in [0.5, 0.6) is 0 Å². The molecule has 0 unspecified atom stereocenters. The number of anilines is 1. The van der Waals surface area contributed by atoms with Crippen molar-refractivity contribution in [3.63, 3.8) is 0 Å². The largest absolute Gasteiger partial charge is 0.397 e. The number of pyridine rings is 1. The maximum Gasteiger partial charge on any atom is 0.281 e. The van der Waals surface area contributed by atoms with Crippen LogP contribution in [0.2, 0.25) is 0 Å². The number of nitrogen functional groups attached to an aromatic ring is 1. The number of nitrogens with zero attached hydrogens (tertiary/aromatic N) is 1. The van der Waals surface area contributed by atoms with Gasteiger partial charge in [-0.1, -0.05) is 0 Å². The highest BCUT2D eigenvalue weighted by atomic mass is 79.9. The van der Waals surface area contributed by atoms with Crippen molar-refractivity contribution in [1.29, 1.82) is 0 Å². The van der Waals surface area contributed by atoms with Gasteiger partial charge in [0.05, 0.1) is 18.0 Å². The van der Waals surface area contributed by atoms with E-state index in [1.54, 1.807) is 0 Å². The molecule has 0 aliphatic rings. The van der Waals surface area contributed by atoms with Crippen LogP contribution in [0.15, 0.2) is 10.5 Å². The molecule has 13 heavy (non-hydrogen) atoms. The Morgan fingerprint density at radius 2 is 2.23 bits per heavy atom. The predicted molar refractivity (Wildman–Crippen MR) is 47.2 cm³/mol. The summed E-state index contributed by atoms with van der Waals surface area (Å²) >= 11 is 2.91. The monoisotopic (exact) mass is 252 g/mol. The predicted octanol–water partition coefficient (Wildman–Crippen LogP) is 1.86. The molecular weight excluding hydrogens is 246 g/mol.